The van der Waals surface area contributed by atoms with E-state index in [2.05, 4.69) is 36.4 Å². The van der Waals surface area contributed by atoms with Crippen molar-refractivity contribution >= 4 is 7.12 Å². The molecule has 0 aliphatic carbocycles. The zero-order valence-corrected chi connectivity index (χ0v) is 23.6. The van der Waals surface area contributed by atoms with Gasteiger partial charge in [0.25, 0.3) is 0 Å². The Morgan fingerprint density at radius 3 is 0.952 bits per heavy atom. The van der Waals surface area contributed by atoms with Gasteiger partial charge in [-0.2, -0.15) is 0 Å². The molecule has 7 rings (SSSR count). The maximum Gasteiger partial charge on any atom is 2.00 e. The first-order chi connectivity index (χ1) is 20.2. The van der Waals surface area contributed by atoms with E-state index < -0.39 is 7.12 Å². The van der Waals surface area contributed by atoms with E-state index in [4.69, 9.17) is 15.3 Å². The van der Waals surface area contributed by atoms with Crippen molar-refractivity contribution in [3.05, 3.63) is 158 Å². The molecular formula is C33H27BN6NiO. The van der Waals surface area contributed by atoms with Crippen molar-refractivity contribution in [3.63, 3.8) is 0 Å². The van der Waals surface area contributed by atoms with E-state index in [1.165, 1.54) is 12.1 Å². The summed E-state index contributed by atoms with van der Waals surface area (Å²) >= 11 is 0. The molecule has 0 saturated carbocycles. The summed E-state index contributed by atoms with van der Waals surface area (Å²) in [5.74, 6) is 0.0718. The van der Waals surface area contributed by atoms with Gasteiger partial charge in [-0.05, 0) is 36.8 Å². The molecular weight excluding hydrogens is 566 g/mol. The summed E-state index contributed by atoms with van der Waals surface area (Å²) in [5, 5.41) is 25.1. The van der Waals surface area contributed by atoms with Crippen LogP contribution in [0.1, 0.15) is 0 Å². The molecule has 0 fully saturated rings. The summed E-state index contributed by atoms with van der Waals surface area (Å²) in [4.78, 5) is 0. The average molecular weight is 593 g/mol. The third kappa shape index (κ3) is 6.60. The van der Waals surface area contributed by atoms with Crippen molar-refractivity contribution < 1.29 is 21.6 Å². The molecule has 0 N–H and O–H groups in total. The molecule has 0 atom stereocenters. The predicted molar refractivity (Wildman–Crippen MR) is 162 cm³/mol. The molecule has 0 aliphatic heterocycles. The molecule has 0 amide bonds. The Balaban J connectivity index is 0.000000389. The Morgan fingerprint density at radius 2 is 0.690 bits per heavy atom. The average Bonchev–Trinajstić information content (AvgIpc) is 3.82. The predicted octanol–water partition coefficient (Wildman–Crippen LogP) is 5.70. The van der Waals surface area contributed by atoms with Crippen LogP contribution in [-0.4, -0.2) is 36.2 Å². The van der Waals surface area contributed by atoms with Gasteiger partial charge in [-0.15, -0.1) is 5.75 Å². The van der Waals surface area contributed by atoms with Crippen molar-refractivity contribution in [1.82, 2.24) is 29.1 Å². The number of para-hydroxylation sites is 1. The van der Waals surface area contributed by atoms with Gasteiger partial charge in [0.2, 0.25) is 0 Å². The van der Waals surface area contributed by atoms with E-state index in [0.29, 0.717) is 0 Å². The van der Waals surface area contributed by atoms with Gasteiger partial charge in [-0.1, -0.05) is 121 Å². The summed E-state index contributed by atoms with van der Waals surface area (Å²) in [6.45, 7) is 0. The molecule has 42 heavy (non-hydrogen) atoms. The summed E-state index contributed by atoms with van der Waals surface area (Å²) in [5.41, 5.74) is 6.00. The Bertz CT molecular complexity index is 1620. The molecule has 0 radical (unpaired) electrons. The van der Waals surface area contributed by atoms with Gasteiger partial charge < -0.3 is 18.9 Å². The smallest absolute Gasteiger partial charge is 0.872 e. The van der Waals surface area contributed by atoms with Gasteiger partial charge in [0.15, 0.2) is 0 Å². The Labute approximate surface area is 254 Å². The molecule has 3 heterocycles. The van der Waals surface area contributed by atoms with Gasteiger partial charge in [0.05, 0.1) is 17.1 Å². The van der Waals surface area contributed by atoms with E-state index in [1.54, 1.807) is 12.1 Å². The summed E-state index contributed by atoms with van der Waals surface area (Å²) in [6.07, 6.45) is 6.03. The maximum absolute atomic E-state index is 10.3. The van der Waals surface area contributed by atoms with Gasteiger partial charge in [-0.3, -0.25) is 0 Å². The third-order valence-electron chi connectivity index (χ3n) is 6.74. The topological polar surface area (TPSA) is 76.5 Å². The first-order valence-corrected chi connectivity index (χ1v) is 13.5. The van der Waals surface area contributed by atoms with Crippen LogP contribution in [0.25, 0.3) is 33.8 Å². The van der Waals surface area contributed by atoms with E-state index in [9.17, 15) is 5.11 Å². The van der Waals surface area contributed by atoms with E-state index in [-0.39, 0.29) is 22.2 Å². The van der Waals surface area contributed by atoms with Crippen molar-refractivity contribution in [1.29, 1.82) is 0 Å². The molecule has 9 heteroatoms. The molecule has 208 valence electrons. The fourth-order valence-electron chi connectivity index (χ4n) is 4.71. The fourth-order valence-corrected chi connectivity index (χ4v) is 4.71. The molecule has 0 bridgehead atoms. The van der Waals surface area contributed by atoms with Crippen molar-refractivity contribution in [3.8, 4) is 39.5 Å². The molecule has 0 aliphatic rings. The van der Waals surface area contributed by atoms with Crippen LogP contribution < -0.4 is 5.11 Å². The standard InChI is InChI=1S/C27H22BN6.C6H6O.Ni/c1-4-10-22(11-5-1)25-16-19-32(29-25)28(33-20-17-26(30-33)23-12-6-2-7-13-23)34-21-18-27(31-34)24-14-8-3-9-15-24;7-6-4-2-1-3-5-6;/h1-21,28H;1-5,7H;/q-1;;+2/p-1. The number of rotatable bonds is 6. The second kappa shape index (κ2) is 13.5. The molecule has 4 aromatic carbocycles. The van der Waals surface area contributed by atoms with Gasteiger partial charge in [0.1, 0.15) is 0 Å². The van der Waals surface area contributed by atoms with Crippen molar-refractivity contribution in [2.75, 3.05) is 0 Å². The summed E-state index contributed by atoms with van der Waals surface area (Å²) in [7, 11) is -1.48. The van der Waals surface area contributed by atoms with Crippen LogP contribution >= 0.6 is 0 Å². The van der Waals surface area contributed by atoms with Gasteiger partial charge in [-0.25, -0.2) is 15.3 Å². The minimum absolute atomic E-state index is 0. The van der Waals surface area contributed by atoms with Gasteiger partial charge >= 0.3 is 23.6 Å². The van der Waals surface area contributed by atoms with E-state index in [1.807, 2.05) is 111 Å². The Hall–Kier alpha value is -5.13. The summed E-state index contributed by atoms with van der Waals surface area (Å²) in [6, 6.07) is 45.1. The van der Waals surface area contributed by atoms with Crippen LogP contribution in [0.3, 0.4) is 0 Å². The zero-order chi connectivity index (χ0) is 27.9. The SMILES string of the molecule is [Ni+2].[O-]c1ccccc1.c1ccc(-c2ccn([BH-](n3ccc(-c4ccccc4)n3)n3ccc(-c4ccccc4)n3)n2)cc1. The number of benzene rings is 4. The zero-order valence-electron chi connectivity index (χ0n) is 22.6. The fraction of sp³-hybridized carbons (Fsp3) is 0. The van der Waals surface area contributed by atoms with Crippen LogP contribution in [0.15, 0.2) is 158 Å². The van der Waals surface area contributed by atoms with Crippen LogP contribution in [-0.2, 0) is 16.5 Å². The molecule has 7 nitrogen and oxygen atoms in total. The number of hydrogen-bond donors (Lipinski definition) is 0. The maximum atomic E-state index is 10.3. The normalized spacial score (nSPS) is 10.5. The molecule has 0 unspecified atom stereocenters. The first kappa shape index (κ1) is 28.4. The first-order valence-electron chi connectivity index (χ1n) is 13.5. The summed E-state index contributed by atoms with van der Waals surface area (Å²) < 4.78 is 5.93. The van der Waals surface area contributed by atoms with Gasteiger partial charge in [0, 0.05) is 16.7 Å². The Kier molecular flexibility index (Phi) is 9.12. The number of aromatic nitrogens is 6. The van der Waals surface area contributed by atoms with E-state index >= 15 is 0 Å². The molecule has 3 aromatic heterocycles. The largest absolute Gasteiger partial charge is 2.00 e. The van der Waals surface area contributed by atoms with Crippen LogP contribution in [0, 0.1) is 0 Å². The molecule has 7 aromatic rings. The number of hydrogen-bond acceptors (Lipinski definition) is 4. The minimum atomic E-state index is -1.48. The monoisotopic (exact) mass is 592 g/mol. The van der Waals surface area contributed by atoms with Crippen molar-refractivity contribution in [2.24, 2.45) is 0 Å². The third-order valence-corrected chi connectivity index (χ3v) is 6.74. The molecule has 0 saturated heterocycles. The minimum Gasteiger partial charge on any atom is -0.872 e. The second-order valence-corrected chi connectivity index (χ2v) is 9.56. The quantitative estimate of drug-likeness (QED) is 0.232. The Morgan fingerprint density at radius 1 is 0.405 bits per heavy atom. The van der Waals surface area contributed by atoms with Crippen LogP contribution in [0.5, 0.6) is 5.75 Å². The molecule has 0 spiro atoms. The van der Waals surface area contributed by atoms with E-state index in [0.717, 1.165) is 33.8 Å². The van der Waals surface area contributed by atoms with Crippen LogP contribution in [0.4, 0.5) is 0 Å². The van der Waals surface area contributed by atoms with Crippen molar-refractivity contribution in [2.45, 2.75) is 0 Å². The number of nitrogens with zero attached hydrogens (tertiary/aromatic N) is 6. The van der Waals surface area contributed by atoms with Crippen LogP contribution in [0.2, 0.25) is 0 Å². The second-order valence-electron chi connectivity index (χ2n) is 9.56.